The van der Waals surface area contributed by atoms with Gasteiger partial charge in [-0.25, -0.2) is 0 Å². The Kier molecular flexibility index (Phi) is 8.09. The average molecular weight is 391 g/mol. The van der Waals surface area contributed by atoms with E-state index in [2.05, 4.69) is 0 Å². The van der Waals surface area contributed by atoms with E-state index in [1.165, 1.54) is 0 Å². The number of ether oxygens (including phenoxy) is 5. The quantitative estimate of drug-likeness (QED) is 0.236. The Hall–Kier alpha value is -2.76. The van der Waals surface area contributed by atoms with Crippen molar-refractivity contribution in [1.82, 2.24) is 0 Å². The number of carbonyl (C=O) groups is 4. The summed E-state index contributed by atoms with van der Waals surface area (Å²) in [6.07, 6.45) is -6.64. The SMILES string of the molecule is CC(=O)OC[C@H]1O[C@@H](C[N+](=O)[O-])[C@@H](OC(C)=O)[C@@H](OC(C)=O)[C@@H]1OC(C)=O. The van der Waals surface area contributed by atoms with E-state index in [0.29, 0.717) is 0 Å². The maximum atomic E-state index is 11.5. The van der Waals surface area contributed by atoms with Crippen molar-refractivity contribution in [2.24, 2.45) is 0 Å². The maximum absolute atomic E-state index is 11.5. The summed E-state index contributed by atoms with van der Waals surface area (Å²) in [5.41, 5.74) is 0. The van der Waals surface area contributed by atoms with Crippen molar-refractivity contribution in [2.75, 3.05) is 13.2 Å². The molecule has 0 aromatic rings. The second kappa shape index (κ2) is 9.80. The third-order valence-electron chi connectivity index (χ3n) is 3.42. The molecule has 12 nitrogen and oxygen atoms in total. The number of esters is 4. The van der Waals surface area contributed by atoms with Crippen molar-refractivity contribution in [3.63, 3.8) is 0 Å². The highest BCUT2D eigenvalue weighted by Gasteiger charge is 2.53. The van der Waals surface area contributed by atoms with Crippen LogP contribution in [0.15, 0.2) is 0 Å². The molecule has 0 saturated carbocycles. The van der Waals surface area contributed by atoms with Crippen LogP contribution in [0.25, 0.3) is 0 Å². The first-order valence-electron chi connectivity index (χ1n) is 7.93. The summed E-state index contributed by atoms with van der Waals surface area (Å²) in [6, 6.07) is 0. The smallest absolute Gasteiger partial charge is 0.303 e. The molecule has 0 aromatic heterocycles. The van der Waals surface area contributed by atoms with Crippen molar-refractivity contribution < 1.29 is 47.8 Å². The molecule has 0 N–H and O–H groups in total. The van der Waals surface area contributed by atoms with E-state index in [9.17, 15) is 29.3 Å². The summed E-state index contributed by atoms with van der Waals surface area (Å²) in [4.78, 5) is 55.8. The van der Waals surface area contributed by atoms with Crippen LogP contribution in [-0.4, -0.2) is 72.5 Å². The Morgan fingerprint density at radius 1 is 0.815 bits per heavy atom. The zero-order valence-corrected chi connectivity index (χ0v) is 15.2. The zero-order valence-electron chi connectivity index (χ0n) is 15.2. The van der Waals surface area contributed by atoms with Gasteiger partial charge in [0.1, 0.15) is 12.7 Å². The minimum atomic E-state index is -1.41. The number of nitrogens with zero attached hydrogens (tertiary/aromatic N) is 1. The first kappa shape index (κ1) is 22.3. The van der Waals surface area contributed by atoms with Gasteiger partial charge in [-0.15, -0.1) is 0 Å². The average Bonchev–Trinajstić information content (AvgIpc) is 2.49. The van der Waals surface area contributed by atoms with Gasteiger partial charge in [-0.1, -0.05) is 0 Å². The molecule has 1 saturated heterocycles. The van der Waals surface area contributed by atoms with Gasteiger partial charge in [0.25, 0.3) is 0 Å². The van der Waals surface area contributed by atoms with Gasteiger partial charge in [0, 0.05) is 32.6 Å². The number of rotatable bonds is 7. The van der Waals surface area contributed by atoms with Gasteiger partial charge in [0.2, 0.25) is 6.54 Å². The third kappa shape index (κ3) is 7.17. The Balaban J connectivity index is 3.29. The lowest BCUT2D eigenvalue weighted by molar-refractivity contribution is -0.498. The van der Waals surface area contributed by atoms with Gasteiger partial charge in [-0.05, 0) is 0 Å². The molecule has 0 aromatic carbocycles. The Bertz CT molecular complexity index is 605. The summed E-state index contributed by atoms with van der Waals surface area (Å²) in [7, 11) is 0. The minimum absolute atomic E-state index is 0.425. The molecule has 0 spiro atoms. The third-order valence-corrected chi connectivity index (χ3v) is 3.42. The van der Waals surface area contributed by atoms with Gasteiger partial charge >= 0.3 is 23.9 Å². The van der Waals surface area contributed by atoms with Crippen LogP contribution in [-0.2, 0) is 42.9 Å². The standard InChI is InChI=1S/C15H21NO11/c1-7(17)23-6-12-14(25-9(3)19)15(26-10(4)20)13(24-8(2)18)11(27-12)5-16(21)22/h11-15H,5-6H2,1-4H3/t11-,12+,13+,14+,15+/m0/s1. The van der Waals surface area contributed by atoms with E-state index < -0.39 is 72.5 Å². The predicted octanol–water partition coefficient (Wildman–Crippen LogP) is -0.611. The zero-order chi connectivity index (χ0) is 20.7. The fraction of sp³-hybridized carbons (Fsp3) is 0.733. The lowest BCUT2D eigenvalue weighted by Crippen LogP contribution is -2.63. The molecule has 27 heavy (non-hydrogen) atoms. The van der Waals surface area contributed by atoms with Crippen LogP contribution in [0.2, 0.25) is 0 Å². The number of hydrogen-bond acceptors (Lipinski definition) is 11. The van der Waals surface area contributed by atoms with Gasteiger partial charge < -0.3 is 23.7 Å². The molecule has 1 rings (SSSR count). The molecule has 152 valence electrons. The highest BCUT2D eigenvalue weighted by molar-refractivity contribution is 5.68. The molecule has 12 heteroatoms. The fourth-order valence-corrected chi connectivity index (χ4v) is 2.61. The normalized spacial score (nSPS) is 27.2. The first-order valence-corrected chi connectivity index (χ1v) is 7.93. The minimum Gasteiger partial charge on any atom is -0.463 e. The largest absolute Gasteiger partial charge is 0.463 e. The van der Waals surface area contributed by atoms with E-state index in [0.717, 1.165) is 27.7 Å². The van der Waals surface area contributed by atoms with E-state index in [4.69, 9.17) is 23.7 Å². The van der Waals surface area contributed by atoms with E-state index in [-0.39, 0.29) is 0 Å². The summed E-state index contributed by atoms with van der Waals surface area (Å²) >= 11 is 0. The molecule has 1 aliphatic rings. The second-order valence-corrected chi connectivity index (χ2v) is 5.75. The summed E-state index contributed by atoms with van der Waals surface area (Å²) in [6.45, 7) is 3.11. The summed E-state index contributed by atoms with van der Waals surface area (Å²) in [5.74, 6) is -3.06. The van der Waals surface area contributed by atoms with Crippen LogP contribution in [0, 0.1) is 10.1 Å². The highest BCUT2D eigenvalue weighted by Crippen LogP contribution is 2.29. The maximum Gasteiger partial charge on any atom is 0.303 e. The van der Waals surface area contributed by atoms with Crippen molar-refractivity contribution >= 4 is 23.9 Å². The number of hydrogen-bond donors (Lipinski definition) is 0. The summed E-state index contributed by atoms with van der Waals surface area (Å²) in [5, 5.41) is 11.0. The predicted molar refractivity (Wildman–Crippen MR) is 83.8 cm³/mol. The van der Waals surface area contributed by atoms with Gasteiger partial charge in [-0.3, -0.25) is 29.3 Å². The molecular weight excluding hydrogens is 370 g/mol. The van der Waals surface area contributed by atoms with Gasteiger partial charge in [0.15, 0.2) is 24.4 Å². The Morgan fingerprint density at radius 3 is 1.67 bits per heavy atom. The Labute approximate surface area is 154 Å². The molecule has 0 unspecified atom stereocenters. The van der Waals surface area contributed by atoms with Crippen LogP contribution in [0.5, 0.6) is 0 Å². The molecule has 0 aliphatic carbocycles. The lowest BCUT2D eigenvalue weighted by atomic mass is 9.94. The fourth-order valence-electron chi connectivity index (χ4n) is 2.61. The number of nitro groups is 1. The van der Waals surface area contributed by atoms with Gasteiger partial charge in [-0.2, -0.15) is 0 Å². The van der Waals surface area contributed by atoms with Crippen LogP contribution < -0.4 is 0 Å². The second-order valence-electron chi connectivity index (χ2n) is 5.75. The molecule has 1 heterocycles. The first-order chi connectivity index (χ1) is 12.5. The van der Waals surface area contributed by atoms with Crippen LogP contribution in [0.1, 0.15) is 27.7 Å². The molecule has 5 atom stereocenters. The molecule has 1 fully saturated rings. The van der Waals surface area contributed by atoms with E-state index >= 15 is 0 Å². The van der Waals surface area contributed by atoms with E-state index in [1.54, 1.807) is 0 Å². The van der Waals surface area contributed by atoms with Crippen molar-refractivity contribution in [1.29, 1.82) is 0 Å². The van der Waals surface area contributed by atoms with Crippen LogP contribution >= 0.6 is 0 Å². The van der Waals surface area contributed by atoms with Gasteiger partial charge in [0.05, 0.1) is 0 Å². The molecule has 0 bridgehead atoms. The topological polar surface area (TPSA) is 158 Å². The van der Waals surface area contributed by atoms with Crippen molar-refractivity contribution in [3.05, 3.63) is 10.1 Å². The van der Waals surface area contributed by atoms with Crippen molar-refractivity contribution in [2.45, 2.75) is 58.2 Å². The van der Waals surface area contributed by atoms with Crippen LogP contribution in [0.4, 0.5) is 0 Å². The van der Waals surface area contributed by atoms with E-state index in [1.807, 2.05) is 0 Å². The molecule has 0 amide bonds. The summed E-state index contributed by atoms with van der Waals surface area (Å²) < 4.78 is 25.7. The Morgan fingerprint density at radius 2 is 1.26 bits per heavy atom. The molecular formula is C15H21NO11. The monoisotopic (exact) mass is 391 g/mol. The highest BCUT2D eigenvalue weighted by atomic mass is 16.7. The lowest BCUT2D eigenvalue weighted by Gasteiger charge is -2.43. The van der Waals surface area contributed by atoms with Crippen LogP contribution in [0.3, 0.4) is 0 Å². The molecule has 0 radical (unpaired) electrons. The number of carbonyl (C=O) groups excluding carboxylic acids is 4. The van der Waals surface area contributed by atoms with Crippen molar-refractivity contribution in [3.8, 4) is 0 Å². The molecule has 1 aliphatic heterocycles.